The predicted octanol–water partition coefficient (Wildman–Crippen LogP) is 1.92. The Morgan fingerprint density at radius 1 is 1.62 bits per heavy atom. The van der Waals surface area contributed by atoms with Crippen LogP contribution in [0.4, 0.5) is 4.79 Å². The van der Waals surface area contributed by atoms with E-state index in [4.69, 9.17) is 9.68 Å². The van der Waals surface area contributed by atoms with Crippen LogP contribution in [0.25, 0.3) is 10.9 Å². The van der Waals surface area contributed by atoms with Gasteiger partial charge in [0.25, 0.3) is 0 Å². The largest absolute Gasteiger partial charge is 0.447 e. The molecule has 0 unspecified atom stereocenters. The molecule has 1 saturated heterocycles. The zero-order valence-corrected chi connectivity index (χ0v) is 11.9. The second-order valence-corrected chi connectivity index (χ2v) is 5.20. The summed E-state index contributed by atoms with van der Waals surface area (Å²) in [7, 11) is 3.43. The summed E-state index contributed by atoms with van der Waals surface area (Å²) in [5.41, 5.74) is 0.984. The molecule has 5 nitrogen and oxygen atoms in total. The zero-order valence-electron chi connectivity index (χ0n) is 18.9. The maximum Gasteiger partial charge on any atom is 0.407 e. The second kappa shape index (κ2) is 5.77. The topological polar surface area (TPSA) is 57.4 Å². The van der Waals surface area contributed by atoms with Crippen molar-refractivity contribution in [3.05, 3.63) is 35.5 Å². The van der Waals surface area contributed by atoms with Gasteiger partial charge >= 0.3 is 6.09 Å². The second-order valence-electron chi connectivity index (χ2n) is 5.20. The number of cyclic esters (lactones) is 1. The molecule has 0 aliphatic carbocycles. The number of hydrogen-bond donors (Lipinski definition) is 2. The van der Waals surface area contributed by atoms with E-state index in [0.29, 0.717) is 21.8 Å². The van der Waals surface area contributed by atoms with Gasteiger partial charge in [0.05, 0.1) is 10.2 Å². The molecule has 2 N–H and O–H groups in total. The molecular formula is C16H21N3O2. The fourth-order valence-electron chi connectivity index (χ4n) is 2.17. The number of aromatic nitrogens is 1. The maximum atomic E-state index is 11.5. The summed E-state index contributed by atoms with van der Waals surface area (Å²) in [6.07, 6.45) is -3.22. The smallest absolute Gasteiger partial charge is 0.407 e. The Kier molecular flexibility index (Phi) is 2.16. The Morgan fingerprint density at radius 3 is 3.19 bits per heavy atom. The first-order valence-corrected chi connectivity index (χ1v) is 6.64. The number of rotatable bonds is 5. The Labute approximate surface area is 134 Å². The zero-order chi connectivity index (χ0) is 21.0. The molecular weight excluding hydrogens is 266 g/mol. The normalized spacial score (nSPS) is 26.6. The van der Waals surface area contributed by atoms with E-state index in [2.05, 4.69) is 4.74 Å². The molecule has 1 amide bonds. The van der Waals surface area contributed by atoms with Gasteiger partial charge in [0, 0.05) is 26.4 Å². The van der Waals surface area contributed by atoms with E-state index in [-0.39, 0.29) is 24.7 Å². The highest BCUT2D eigenvalue weighted by atomic mass is 16.6. The van der Waals surface area contributed by atoms with Gasteiger partial charge < -0.3 is 19.9 Å². The third kappa shape index (κ3) is 3.19. The molecule has 2 heterocycles. The molecule has 0 saturated carbocycles. The molecule has 1 atom stereocenters. The Bertz CT molecular complexity index is 929. The summed E-state index contributed by atoms with van der Waals surface area (Å²) in [6.45, 7) is -2.30. The lowest BCUT2D eigenvalue weighted by molar-refractivity contribution is 0.177. The van der Waals surface area contributed by atoms with Crippen molar-refractivity contribution in [2.75, 3.05) is 27.2 Å². The number of hydrogen-bond acceptors (Lipinski definition) is 3. The molecule has 1 aliphatic rings. The van der Waals surface area contributed by atoms with E-state index in [1.54, 1.807) is 37.2 Å². The van der Waals surface area contributed by atoms with Gasteiger partial charge in [-0.15, -0.1) is 0 Å². The number of nitrogens with zero attached hydrogens (tertiary/aromatic N) is 1. The van der Waals surface area contributed by atoms with Crippen LogP contribution in [0.1, 0.15) is 18.0 Å². The van der Waals surface area contributed by atoms with Crippen LogP contribution in [0.5, 0.6) is 0 Å². The van der Waals surface area contributed by atoms with Gasteiger partial charge in [0.1, 0.15) is 6.56 Å². The first kappa shape index (κ1) is 7.84. The van der Waals surface area contributed by atoms with Crippen molar-refractivity contribution in [2.24, 2.45) is 0 Å². The molecule has 112 valence electrons. The first-order valence-electron chi connectivity index (χ1n) is 10.0. The Balaban J connectivity index is 2.06. The van der Waals surface area contributed by atoms with Crippen molar-refractivity contribution >= 4 is 17.0 Å². The number of H-pyrrole nitrogens is 1. The number of alkyl carbamates (subject to hydrolysis) is 1. The molecule has 1 aromatic heterocycles. The minimum atomic E-state index is -2.32. The summed E-state index contributed by atoms with van der Waals surface area (Å²) in [5.74, 6) is 0. The average molecular weight is 294 g/mol. The number of carbonyl (C=O) groups excluding carboxylic acids is 1. The summed E-state index contributed by atoms with van der Waals surface area (Å²) in [6, 6.07) is 3.61. The highest BCUT2D eigenvalue weighted by Crippen LogP contribution is 2.21. The van der Waals surface area contributed by atoms with Crippen LogP contribution in [-0.4, -0.2) is 49.2 Å². The minimum absolute atomic E-state index is 0.0230. The number of benzene rings is 1. The monoisotopic (exact) mass is 294 g/mol. The van der Waals surface area contributed by atoms with Gasteiger partial charge in [0.15, 0.2) is 2.82 Å². The number of amides is 1. The van der Waals surface area contributed by atoms with E-state index < -0.39 is 25.1 Å². The lowest BCUT2D eigenvalue weighted by Crippen LogP contribution is -2.28. The number of ether oxygens (including phenoxy) is 1. The Morgan fingerprint density at radius 2 is 2.48 bits per heavy atom. The third-order valence-electron chi connectivity index (χ3n) is 3.16. The number of likely N-dealkylation sites (N-methyl/N-ethyl adjacent to an activating group) is 1. The van der Waals surface area contributed by atoms with Gasteiger partial charge in [-0.2, -0.15) is 0 Å². The average Bonchev–Trinajstić information content (AvgIpc) is 2.91. The van der Waals surface area contributed by atoms with Crippen LogP contribution in [0, 0.1) is 0 Å². The molecule has 2 aromatic rings. The number of aromatic amines is 1. The molecule has 21 heavy (non-hydrogen) atoms. The molecule has 0 spiro atoms. The van der Waals surface area contributed by atoms with E-state index >= 15 is 0 Å². The molecule has 1 fully saturated rings. The highest BCUT2D eigenvalue weighted by Gasteiger charge is 2.22. The van der Waals surface area contributed by atoms with E-state index in [0.717, 1.165) is 4.98 Å². The van der Waals surface area contributed by atoms with E-state index in [1.807, 2.05) is 0 Å². The summed E-state index contributed by atoms with van der Waals surface area (Å²) in [4.78, 5) is 14.0. The van der Waals surface area contributed by atoms with Crippen molar-refractivity contribution in [2.45, 2.75) is 18.8 Å². The minimum Gasteiger partial charge on any atom is -0.447 e. The van der Waals surface area contributed by atoms with Crippen molar-refractivity contribution < 1.29 is 19.2 Å². The predicted molar refractivity (Wildman–Crippen MR) is 82.5 cm³/mol. The van der Waals surface area contributed by atoms with E-state index in [9.17, 15) is 4.79 Å². The lowest BCUT2D eigenvalue weighted by Gasteiger charge is -2.09. The summed E-state index contributed by atoms with van der Waals surface area (Å²) < 4.78 is 61.0. The van der Waals surface area contributed by atoms with Gasteiger partial charge in [-0.3, -0.25) is 0 Å². The molecule has 0 radical (unpaired) electrons. The summed E-state index contributed by atoms with van der Waals surface area (Å²) in [5, 5.41) is 0.842. The molecule has 5 heteroatoms. The maximum absolute atomic E-state index is 11.5. The SMILES string of the molecule is [2H]c1c(C([2H])([2H])CN(C)C)c2cc(C[C@@H]3N([2H])C(=O)OC3([2H])[2H])ccc2n1[2H]. The van der Waals surface area contributed by atoms with E-state index in [1.165, 1.54) is 0 Å². The van der Waals surface area contributed by atoms with Crippen LogP contribution in [-0.2, 0) is 17.5 Å². The first-order chi connectivity index (χ1) is 12.8. The van der Waals surface area contributed by atoms with Crippen LogP contribution < -0.4 is 5.31 Å². The molecule has 0 bridgehead atoms. The number of nitrogens with one attached hydrogen (secondary N) is 2. The van der Waals surface area contributed by atoms with Crippen molar-refractivity contribution in [1.29, 1.82) is 0 Å². The van der Waals surface area contributed by atoms with Gasteiger partial charge in [-0.25, -0.2) is 4.79 Å². The van der Waals surface area contributed by atoms with Crippen LogP contribution >= 0.6 is 0 Å². The quantitative estimate of drug-likeness (QED) is 0.886. The van der Waals surface area contributed by atoms with Crippen molar-refractivity contribution in [3.63, 3.8) is 0 Å². The van der Waals surface area contributed by atoms with Gasteiger partial charge in [-0.1, -0.05) is 6.07 Å². The highest BCUT2D eigenvalue weighted by molar-refractivity contribution is 5.84. The van der Waals surface area contributed by atoms with Crippen molar-refractivity contribution in [1.82, 2.24) is 15.2 Å². The fourth-order valence-corrected chi connectivity index (χ4v) is 2.17. The molecule has 3 rings (SSSR count). The van der Waals surface area contributed by atoms with Gasteiger partial charge in [0.2, 0.25) is 0 Å². The Hall–Kier alpha value is -2.01. The van der Waals surface area contributed by atoms with Crippen LogP contribution in [0.3, 0.4) is 0 Å². The number of carbonyl (C=O) groups is 1. The lowest BCUT2D eigenvalue weighted by atomic mass is 10.0. The molecule has 1 aliphatic heterocycles. The standard InChI is InChI=1S/C16H21N3O2/c1-19(2)6-5-12-9-17-15-4-3-11(8-14(12)15)7-13-10-21-16(20)18-13/h3-4,8-9,13,17H,5-7,10H2,1-2H3,(H,18,20)/t13-/m0/s1/i5D2,9D,10D2/hD2. The van der Waals surface area contributed by atoms with Crippen LogP contribution in [0.2, 0.25) is 2.82 Å². The summed E-state index contributed by atoms with van der Waals surface area (Å²) >= 11 is 0. The number of fused-ring (bicyclic) bond motifs is 1. The molecule has 1 aromatic carbocycles. The van der Waals surface area contributed by atoms with Gasteiger partial charge in [-0.05, 0) is 50.1 Å². The van der Waals surface area contributed by atoms with Crippen molar-refractivity contribution in [3.8, 4) is 0 Å². The third-order valence-corrected chi connectivity index (χ3v) is 3.16. The fraction of sp³-hybridized carbons (Fsp3) is 0.438. The van der Waals surface area contributed by atoms with Crippen LogP contribution in [0.15, 0.2) is 24.4 Å².